The highest BCUT2D eigenvalue weighted by Crippen LogP contribution is 2.37. The summed E-state index contributed by atoms with van der Waals surface area (Å²) in [6, 6.07) is 4.47. The van der Waals surface area contributed by atoms with Gasteiger partial charge in [-0.15, -0.1) is 0 Å². The number of aliphatic hydroxyl groups is 1. The van der Waals surface area contributed by atoms with E-state index in [2.05, 4.69) is 35.1 Å². The van der Waals surface area contributed by atoms with Gasteiger partial charge in [-0.1, -0.05) is 13.8 Å². The lowest BCUT2D eigenvalue weighted by atomic mass is 10.2. The molecule has 1 unspecified atom stereocenters. The molecule has 0 fully saturated rings. The van der Waals surface area contributed by atoms with Gasteiger partial charge in [-0.25, -0.2) is 0 Å². The molecule has 0 aromatic heterocycles. The van der Waals surface area contributed by atoms with E-state index in [1.165, 1.54) is 0 Å². The summed E-state index contributed by atoms with van der Waals surface area (Å²) < 4.78 is 12.3. The van der Waals surface area contributed by atoms with Crippen molar-refractivity contribution in [1.29, 1.82) is 0 Å². The molecule has 1 aromatic rings. The van der Waals surface area contributed by atoms with Crippen molar-refractivity contribution in [3.63, 3.8) is 0 Å². The molecule has 0 aliphatic heterocycles. The van der Waals surface area contributed by atoms with Crippen molar-refractivity contribution in [3.8, 4) is 11.5 Å². The van der Waals surface area contributed by atoms with Gasteiger partial charge in [-0.05, 0) is 47.5 Å². The van der Waals surface area contributed by atoms with Crippen LogP contribution in [0.3, 0.4) is 0 Å². The molecule has 0 spiro atoms. The van der Waals surface area contributed by atoms with Crippen LogP contribution in [0.1, 0.15) is 39.7 Å². The molecule has 0 heterocycles. The van der Waals surface area contributed by atoms with E-state index >= 15 is 0 Å². The van der Waals surface area contributed by atoms with Gasteiger partial charge >= 0.3 is 0 Å². The molecule has 0 saturated heterocycles. The molecule has 1 atom stereocenters. The van der Waals surface area contributed by atoms with Crippen LogP contribution in [0.5, 0.6) is 11.5 Å². The minimum absolute atomic E-state index is 0.367. The van der Waals surface area contributed by atoms with Gasteiger partial charge in [0.05, 0.1) is 23.8 Å². The van der Waals surface area contributed by atoms with E-state index in [0.29, 0.717) is 31.4 Å². The first-order valence-electron chi connectivity index (χ1n) is 7.43. The second-order valence-corrected chi connectivity index (χ2v) is 6.21. The minimum Gasteiger partial charge on any atom is -0.490 e. The molecule has 2 N–H and O–H groups in total. The molecule has 0 aliphatic rings. The summed E-state index contributed by atoms with van der Waals surface area (Å²) in [7, 11) is 0. The largest absolute Gasteiger partial charge is 0.490 e. The van der Waals surface area contributed by atoms with Gasteiger partial charge in [0.1, 0.15) is 0 Å². The molecule has 1 rings (SSSR count). The molecular formula is C16H26BrNO3. The zero-order valence-electron chi connectivity index (χ0n) is 13.3. The summed E-state index contributed by atoms with van der Waals surface area (Å²) in [4.78, 5) is 0. The quantitative estimate of drug-likeness (QED) is 0.708. The van der Waals surface area contributed by atoms with Gasteiger partial charge in [-0.3, -0.25) is 0 Å². The number of hydrogen-bond donors (Lipinski definition) is 2. The Bertz CT molecular complexity index is 436. The maximum absolute atomic E-state index is 9.31. The molecule has 4 nitrogen and oxygen atoms in total. The smallest absolute Gasteiger partial charge is 0.175 e. The molecule has 0 bridgehead atoms. The Balaban J connectivity index is 2.85. The molecule has 1 aromatic carbocycles. The topological polar surface area (TPSA) is 50.7 Å². The normalized spacial score (nSPS) is 12.5. The first-order chi connectivity index (χ1) is 9.93. The van der Waals surface area contributed by atoms with E-state index in [4.69, 9.17) is 9.47 Å². The average molecular weight is 360 g/mol. The molecule has 21 heavy (non-hydrogen) atoms. The second kappa shape index (κ2) is 9.28. The summed E-state index contributed by atoms with van der Waals surface area (Å²) in [5.74, 6) is 1.43. The Labute approximate surface area is 136 Å². The lowest BCUT2D eigenvalue weighted by Crippen LogP contribution is -2.21. The Hall–Kier alpha value is -0.780. The summed E-state index contributed by atoms with van der Waals surface area (Å²) in [6.07, 6.45) is 0.225. The Morgan fingerprint density at radius 2 is 1.95 bits per heavy atom. The predicted octanol–water partition coefficient (Wildman–Crippen LogP) is 3.50. The Kier molecular flexibility index (Phi) is 8.07. The molecule has 0 radical (unpaired) electrons. The van der Waals surface area contributed by atoms with Crippen molar-refractivity contribution in [2.24, 2.45) is 0 Å². The zero-order valence-corrected chi connectivity index (χ0v) is 14.9. The van der Waals surface area contributed by atoms with Crippen LogP contribution in [-0.2, 0) is 6.54 Å². The number of hydrogen-bond acceptors (Lipinski definition) is 4. The number of ether oxygens (including phenoxy) is 2. The highest BCUT2D eigenvalue weighted by Gasteiger charge is 2.13. The van der Waals surface area contributed by atoms with E-state index in [1.54, 1.807) is 6.92 Å². The molecular weight excluding hydrogens is 334 g/mol. The third-order valence-electron chi connectivity index (χ3n) is 2.87. The average Bonchev–Trinajstić information content (AvgIpc) is 2.39. The van der Waals surface area contributed by atoms with Gasteiger partial charge in [0.2, 0.25) is 0 Å². The van der Waals surface area contributed by atoms with Gasteiger partial charge in [0, 0.05) is 19.0 Å². The van der Waals surface area contributed by atoms with Crippen LogP contribution in [0.25, 0.3) is 0 Å². The lowest BCUT2D eigenvalue weighted by Gasteiger charge is -2.16. The Morgan fingerprint density at radius 3 is 2.52 bits per heavy atom. The fourth-order valence-corrected chi connectivity index (χ4v) is 2.38. The molecule has 0 aliphatic carbocycles. The predicted molar refractivity (Wildman–Crippen MR) is 89.1 cm³/mol. The fourth-order valence-electron chi connectivity index (χ4n) is 1.78. The van der Waals surface area contributed by atoms with Crippen LogP contribution in [0.15, 0.2) is 16.6 Å². The van der Waals surface area contributed by atoms with Gasteiger partial charge < -0.3 is 19.9 Å². The van der Waals surface area contributed by atoms with E-state index in [1.807, 2.05) is 19.1 Å². The third-order valence-corrected chi connectivity index (χ3v) is 3.45. The SMILES string of the molecule is CCOc1cc(CNC(C)C)cc(Br)c1OCCC(C)O. The molecule has 0 saturated carbocycles. The van der Waals surface area contributed by atoms with Gasteiger partial charge in [0.25, 0.3) is 0 Å². The van der Waals surface area contributed by atoms with Crippen molar-refractivity contribution >= 4 is 15.9 Å². The van der Waals surface area contributed by atoms with Crippen molar-refractivity contribution in [2.75, 3.05) is 13.2 Å². The summed E-state index contributed by atoms with van der Waals surface area (Å²) >= 11 is 3.55. The van der Waals surface area contributed by atoms with Gasteiger partial charge in [-0.2, -0.15) is 0 Å². The maximum atomic E-state index is 9.31. The van der Waals surface area contributed by atoms with E-state index in [9.17, 15) is 5.11 Å². The first-order valence-corrected chi connectivity index (χ1v) is 8.22. The third kappa shape index (κ3) is 6.68. The lowest BCUT2D eigenvalue weighted by molar-refractivity contribution is 0.153. The highest BCUT2D eigenvalue weighted by atomic mass is 79.9. The first kappa shape index (κ1) is 18.3. The Morgan fingerprint density at radius 1 is 1.24 bits per heavy atom. The summed E-state index contributed by atoms with van der Waals surface area (Å²) in [5.41, 5.74) is 1.14. The second-order valence-electron chi connectivity index (χ2n) is 5.36. The number of nitrogens with one attached hydrogen (secondary N) is 1. The summed E-state index contributed by atoms with van der Waals surface area (Å²) in [6.45, 7) is 9.76. The van der Waals surface area contributed by atoms with Crippen LogP contribution in [0.4, 0.5) is 0 Å². The van der Waals surface area contributed by atoms with E-state index in [0.717, 1.165) is 22.3 Å². The maximum Gasteiger partial charge on any atom is 0.175 e. The fraction of sp³-hybridized carbons (Fsp3) is 0.625. The number of halogens is 1. The van der Waals surface area contributed by atoms with Crippen molar-refractivity contribution in [3.05, 3.63) is 22.2 Å². The van der Waals surface area contributed by atoms with Crippen LogP contribution in [0, 0.1) is 0 Å². The van der Waals surface area contributed by atoms with Crippen LogP contribution in [0.2, 0.25) is 0 Å². The van der Waals surface area contributed by atoms with Crippen molar-refractivity contribution in [1.82, 2.24) is 5.32 Å². The highest BCUT2D eigenvalue weighted by molar-refractivity contribution is 9.10. The number of rotatable bonds is 9. The number of aliphatic hydroxyl groups excluding tert-OH is 1. The monoisotopic (exact) mass is 359 g/mol. The van der Waals surface area contributed by atoms with Crippen LogP contribution >= 0.6 is 15.9 Å². The van der Waals surface area contributed by atoms with Crippen molar-refractivity contribution < 1.29 is 14.6 Å². The number of benzene rings is 1. The summed E-state index contributed by atoms with van der Waals surface area (Å²) in [5, 5.41) is 12.7. The molecule has 120 valence electrons. The van der Waals surface area contributed by atoms with E-state index < -0.39 is 0 Å². The molecule has 0 amide bonds. The van der Waals surface area contributed by atoms with Crippen LogP contribution < -0.4 is 14.8 Å². The van der Waals surface area contributed by atoms with E-state index in [-0.39, 0.29) is 6.10 Å². The van der Waals surface area contributed by atoms with Crippen LogP contribution in [-0.4, -0.2) is 30.5 Å². The minimum atomic E-state index is -0.367. The standard InChI is InChI=1S/C16H26BrNO3/c1-5-20-15-9-13(10-18-11(2)3)8-14(17)16(15)21-7-6-12(4)19/h8-9,11-12,18-19H,5-7,10H2,1-4H3. The van der Waals surface area contributed by atoms with Crippen molar-refractivity contribution in [2.45, 2.75) is 52.8 Å². The van der Waals surface area contributed by atoms with Gasteiger partial charge in [0.15, 0.2) is 11.5 Å². The zero-order chi connectivity index (χ0) is 15.8. The molecule has 5 heteroatoms.